The standard InChI is InChI=1S/C28H38FN3O4S/c1-21(2)16-17-30-28(34)22(3)32(20-24-6-11-25(29)12-7-24)27(33)15-10-23-8-13-26(14-9-23)37(35,36)31-18-4-5-19-31/h6-9,11-14,21-22H,4-5,10,15-20H2,1-3H3,(H,30,34). The number of amides is 2. The highest BCUT2D eigenvalue weighted by molar-refractivity contribution is 7.89. The Hall–Kier alpha value is -2.78. The number of nitrogens with one attached hydrogen (secondary N) is 1. The van der Waals surface area contributed by atoms with Crippen molar-refractivity contribution in [3.8, 4) is 0 Å². The molecule has 1 N–H and O–H groups in total. The van der Waals surface area contributed by atoms with E-state index >= 15 is 0 Å². The fraction of sp³-hybridized carbons (Fsp3) is 0.500. The highest BCUT2D eigenvalue weighted by Gasteiger charge is 2.28. The first-order valence-electron chi connectivity index (χ1n) is 13.0. The van der Waals surface area contributed by atoms with E-state index in [4.69, 9.17) is 0 Å². The number of rotatable bonds is 12. The van der Waals surface area contributed by atoms with Gasteiger partial charge in [0.05, 0.1) is 4.90 Å². The number of halogens is 1. The summed E-state index contributed by atoms with van der Waals surface area (Å²) in [6, 6.07) is 11.9. The summed E-state index contributed by atoms with van der Waals surface area (Å²) >= 11 is 0. The molecule has 0 aromatic heterocycles. The van der Waals surface area contributed by atoms with E-state index in [1.54, 1.807) is 43.3 Å². The molecule has 1 unspecified atom stereocenters. The van der Waals surface area contributed by atoms with Crippen LogP contribution in [-0.4, -0.2) is 55.1 Å². The summed E-state index contributed by atoms with van der Waals surface area (Å²) in [6.07, 6.45) is 3.16. The van der Waals surface area contributed by atoms with E-state index in [0.29, 0.717) is 32.0 Å². The fourth-order valence-corrected chi connectivity index (χ4v) is 5.82. The summed E-state index contributed by atoms with van der Waals surface area (Å²) in [5.41, 5.74) is 1.57. The second kappa shape index (κ2) is 13.1. The zero-order chi connectivity index (χ0) is 27.0. The summed E-state index contributed by atoms with van der Waals surface area (Å²) in [6.45, 7) is 7.67. The Morgan fingerprint density at radius 3 is 2.16 bits per heavy atom. The van der Waals surface area contributed by atoms with Crippen LogP contribution in [0.2, 0.25) is 0 Å². The van der Waals surface area contributed by atoms with Crippen LogP contribution in [0.3, 0.4) is 0 Å². The van der Waals surface area contributed by atoms with Gasteiger partial charge in [-0.15, -0.1) is 0 Å². The molecule has 0 bridgehead atoms. The zero-order valence-electron chi connectivity index (χ0n) is 22.0. The molecule has 1 heterocycles. The molecule has 1 saturated heterocycles. The van der Waals surface area contributed by atoms with Gasteiger partial charge in [-0.05, 0) is 73.9 Å². The maximum atomic E-state index is 13.4. The van der Waals surface area contributed by atoms with Crippen LogP contribution >= 0.6 is 0 Å². The second-order valence-corrected chi connectivity index (χ2v) is 12.0. The molecule has 3 rings (SSSR count). The molecular weight excluding hydrogens is 493 g/mol. The quantitative estimate of drug-likeness (QED) is 0.446. The van der Waals surface area contributed by atoms with Gasteiger partial charge in [0.15, 0.2) is 0 Å². The van der Waals surface area contributed by atoms with Gasteiger partial charge in [-0.1, -0.05) is 38.1 Å². The first kappa shape index (κ1) is 28.8. The van der Waals surface area contributed by atoms with E-state index in [-0.39, 0.29) is 35.5 Å². The zero-order valence-corrected chi connectivity index (χ0v) is 22.8. The topological polar surface area (TPSA) is 86.8 Å². The lowest BCUT2D eigenvalue weighted by Crippen LogP contribution is -2.48. The van der Waals surface area contributed by atoms with E-state index in [1.807, 2.05) is 0 Å². The maximum Gasteiger partial charge on any atom is 0.243 e. The van der Waals surface area contributed by atoms with Crippen LogP contribution in [0.1, 0.15) is 57.6 Å². The monoisotopic (exact) mass is 531 g/mol. The van der Waals surface area contributed by atoms with Gasteiger partial charge in [-0.2, -0.15) is 4.31 Å². The van der Waals surface area contributed by atoms with Crippen molar-refractivity contribution in [1.82, 2.24) is 14.5 Å². The molecule has 1 atom stereocenters. The van der Waals surface area contributed by atoms with Gasteiger partial charge in [-0.3, -0.25) is 9.59 Å². The average molecular weight is 532 g/mol. The number of carbonyl (C=O) groups excluding carboxylic acids is 2. The minimum atomic E-state index is -3.48. The van der Waals surface area contributed by atoms with Crippen molar-refractivity contribution in [1.29, 1.82) is 0 Å². The highest BCUT2D eigenvalue weighted by atomic mass is 32.2. The van der Waals surface area contributed by atoms with Crippen LogP contribution < -0.4 is 5.32 Å². The third kappa shape index (κ3) is 8.10. The average Bonchev–Trinajstić information content (AvgIpc) is 3.43. The Morgan fingerprint density at radius 1 is 0.973 bits per heavy atom. The summed E-state index contributed by atoms with van der Waals surface area (Å²) in [5, 5.41) is 2.91. The Balaban J connectivity index is 1.67. The normalized spacial score (nSPS) is 15.1. The number of carbonyl (C=O) groups is 2. The molecule has 2 amide bonds. The highest BCUT2D eigenvalue weighted by Crippen LogP contribution is 2.22. The summed E-state index contributed by atoms with van der Waals surface area (Å²) in [4.78, 5) is 27.9. The van der Waals surface area contributed by atoms with E-state index in [1.165, 1.54) is 21.3 Å². The van der Waals surface area contributed by atoms with Gasteiger partial charge in [0.2, 0.25) is 21.8 Å². The lowest BCUT2D eigenvalue weighted by Gasteiger charge is -2.29. The largest absolute Gasteiger partial charge is 0.354 e. The van der Waals surface area contributed by atoms with E-state index < -0.39 is 16.1 Å². The molecule has 202 valence electrons. The third-order valence-electron chi connectivity index (χ3n) is 6.71. The Labute approximate surface area is 220 Å². The molecule has 9 heteroatoms. The first-order valence-corrected chi connectivity index (χ1v) is 14.4. The summed E-state index contributed by atoms with van der Waals surface area (Å²) in [7, 11) is -3.48. The Kier molecular flexibility index (Phi) is 10.2. The van der Waals surface area contributed by atoms with Crippen LogP contribution in [0, 0.1) is 11.7 Å². The molecule has 37 heavy (non-hydrogen) atoms. The molecule has 0 spiro atoms. The fourth-order valence-electron chi connectivity index (χ4n) is 4.30. The number of benzene rings is 2. The minimum absolute atomic E-state index is 0.156. The van der Waals surface area contributed by atoms with Crippen molar-refractivity contribution >= 4 is 21.8 Å². The van der Waals surface area contributed by atoms with Gasteiger partial charge in [-0.25, -0.2) is 12.8 Å². The van der Waals surface area contributed by atoms with Gasteiger partial charge in [0, 0.05) is 32.6 Å². The molecule has 0 saturated carbocycles. The first-order chi connectivity index (χ1) is 17.6. The minimum Gasteiger partial charge on any atom is -0.354 e. The van der Waals surface area contributed by atoms with Crippen LogP contribution in [0.25, 0.3) is 0 Å². The van der Waals surface area contributed by atoms with Gasteiger partial charge >= 0.3 is 0 Å². The van der Waals surface area contributed by atoms with Crippen molar-refractivity contribution in [3.63, 3.8) is 0 Å². The summed E-state index contributed by atoms with van der Waals surface area (Å²) < 4.78 is 40.4. The van der Waals surface area contributed by atoms with Crippen molar-refractivity contribution in [2.75, 3.05) is 19.6 Å². The number of aryl methyl sites for hydroxylation is 1. The number of sulfonamides is 1. The lowest BCUT2D eigenvalue weighted by atomic mass is 10.1. The number of hydrogen-bond acceptors (Lipinski definition) is 4. The van der Waals surface area contributed by atoms with Crippen LogP contribution in [0.5, 0.6) is 0 Å². The van der Waals surface area contributed by atoms with E-state index in [2.05, 4.69) is 19.2 Å². The predicted octanol–water partition coefficient (Wildman–Crippen LogP) is 4.12. The molecule has 0 radical (unpaired) electrons. The van der Waals surface area contributed by atoms with E-state index in [0.717, 1.165) is 30.4 Å². The van der Waals surface area contributed by atoms with Crippen molar-refractivity contribution in [3.05, 3.63) is 65.5 Å². The number of hydrogen-bond donors (Lipinski definition) is 1. The molecular formula is C28H38FN3O4S. The molecule has 1 aliphatic heterocycles. The van der Waals surface area contributed by atoms with Crippen LogP contribution in [0.4, 0.5) is 4.39 Å². The Bertz CT molecular complexity index is 1140. The van der Waals surface area contributed by atoms with Gasteiger partial charge in [0.25, 0.3) is 0 Å². The van der Waals surface area contributed by atoms with E-state index in [9.17, 15) is 22.4 Å². The molecule has 7 nitrogen and oxygen atoms in total. The van der Waals surface area contributed by atoms with Gasteiger partial charge in [0.1, 0.15) is 11.9 Å². The van der Waals surface area contributed by atoms with Crippen molar-refractivity contribution in [2.45, 2.75) is 70.4 Å². The van der Waals surface area contributed by atoms with Crippen LogP contribution in [0.15, 0.2) is 53.4 Å². The maximum absolute atomic E-state index is 13.4. The molecule has 1 aliphatic rings. The Morgan fingerprint density at radius 2 is 1.57 bits per heavy atom. The molecule has 0 aliphatic carbocycles. The summed E-state index contributed by atoms with van der Waals surface area (Å²) in [5.74, 6) is -0.349. The molecule has 1 fully saturated rings. The SMILES string of the molecule is CC(C)CCNC(=O)C(C)N(Cc1ccc(F)cc1)C(=O)CCc1ccc(S(=O)(=O)N2CCCC2)cc1. The van der Waals surface area contributed by atoms with Crippen LogP contribution in [-0.2, 0) is 32.6 Å². The number of nitrogens with zero attached hydrogens (tertiary/aromatic N) is 2. The molecule has 2 aromatic rings. The van der Waals surface area contributed by atoms with Crippen molar-refractivity contribution < 1.29 is 22.4 Å². The second-order valence-electron chi connectivity index (χ2n) is 10.1. The predicted molar refractivity (Wildman–Crippen MR) is 142 cm³/mol. The third-order valence-corrected chi connectivity index (χ3v) is 8.62. The molecule has 2 aromatic carbocycles. The van der Waals surface area contributed by atoms with Gasteiger partial charge < -0.3 is 10.2 Å². The smallest absolute Gasteiger partial charge is 0.243 e. The lowest BCUT2D eigenvalue weighted by molar-refractivity contribution is -0.140. The van der Waals surface area contributed by atoms with Crippen molar-refractivity contribution in [2.24, 2.45) is 5.92 Å².